The van der Waals surface area contributed by atoms with Crippen LogP contribution in [0.1, 0.15) is 26.2 Å². The highest BCUT2D eigenvalue weighted by Gasteiger charge is 2.31. The predicted octanol–water partition coefficient (Wildman–Crippen LogP) is -0.995. The summed E-state index contributed by atoms with van der Waals surface area (Å²) in [5, 5.41) is 31.0. The molecule has 0 radical (unpaired) electrons. The normalized spacial score (nSPS) is 33.5. The SMILES string of the molecule is CC(=O)NCC(O)C1CCC(O)C(O)C1. The van der Waals surface area contributed by atoms with Gasteiger partial charge in [0.25, 0.3) is 0 Å². The largest absolute Gasteiger partial charge is 0.391 e. The van der Waals surface area contributed by atoms with Crippen molar-refractivity contribution in [2.24, 2.45) is 5.92 Å². The van der Waals surface area contributed by atoms with Crippen molar-refractivity contribution in [1.29, 1.82) is 0 Å². The third-order valence-corrected chi connectivity index (χ3v) is 2.93. The molecule has 4 unspecified atom stereocenters. The van der Waals surface area contributed by atoms with E-state index in [0.717, 1.165) is 0 Å². The second-order valence-electron chi connectivity index (χ2n) is 4.21. The van der Waals surface area contributed by atoms with Crippen molar-refractivity contribution in [3.63, 3.8) is 0 Å². The summed E-state index contributed by atoms with van der Waals surface area (Å²) in [6.07, 6.45) is -0.495. The number of carbonyl (C=O) groups excluding carboxylic acids is 1. The van der Waals surface area contributed by atoms with Gasteiger partial charge in [0.2, 0.25) is 5.91 Å². The third kappa shape index (κ3) is 3.77. The van der Waals surface area contributed by atoms with E-state index in [0.29, 0.717) is 19.3 Å². The fourth-order valence-corrected chi connectivity index (χ4v) is 1.93. The van der Waals surface area contributed by atoms with Crippen LogP contribution in [0.2, 0.25) is 0 Å². The van der Waals surface area contributed by atoms with Gasteiger partial charge in [-0.05, 0) is 25.2 Å². The lowest BCUT2D eigenvalue weighted by atomic mass is 9.82. The molecular formula is C10H19NO4. The molecule has 88 valence electrons. The van der Waals surface area contributed by atoms with Crippen molar-refractivity contribution in [3.05, 3.63) is 0 Å². The van der Waals surface area contributed by atoms with Gasteiger partial charge < -0.3 is 20.6 Å². The Morgan fingerprint density at radius 1 is 1.40 bits per heavy atom. The van der Waals surface area contributed by atoms with Crippen molar-refractivity contribution >= 4 is 5.91 Å². The number of rotatable bonds is 3. The Morgan fingerprint density at radius 2 is 2.07 bits per heavy atom. The molecule has 0 heterocycles. The molecule has 1 saturated carbocycles. The average molecular weight is 217 g/mol. The van der Waals surface area contributed by atoms with Crippen LogP contribution in [-0.2, 0) is 4.79 Å². The Hall–Kier alpha value is -0.650. The molecular weight excluding hydrogens is 198 g/mol. The summed E-state index contributed by atoms with van der Waals surface area (Å²) in [6, 6.07) is 0. The van der Waals surface area contributed by atoms with Crippen LogP contribution in [0.3, 0.4) is 0 Å². The Morgan fingerprint density at radius 3 is 2.60 bits per heavy atom. The highest BCUT2D eigenvalue weighted by Crippen LogP contribution is 2.27. The van der Waals surface area contributed by atoms with Crippen LogP contribution in [0.25, 0.3) is 0 Å². The number of aliphatic hydroxyl groups excluding tert-OH is 3. The van der Waals surface area contributed by atoms with E-state index in [-0.39, 0.29) is 18.4 Å². The predicted molar refractivity (Wildman–Crippen MR) is 54.0 cm³/mol. The highest BCUT2D eigenvalue weighted by atomic mass is 16.3. The molecule has 0 spiro atoms. The first kappa shape index (κ1) is 12.4. The summed E-state index contributed by atoms with van der Waals surface area (Å²) in [7, 11) is 0. The van der Waals surface area contributed by atoms with E-state index in [2.05, 4.69) is 5.32 Å². The van der Waals surface area contributed by atoms with Crippen LogP contribution < -0.4 is 5.32 Å². The van der Waals surface area contributed by atoms with Crippen molar-refractivity contribution in [1.82, 2.24) is 5.32 Å². The minimum atomic E-state index is -0.754. The minimum absolute atomic E-state index is 0.0461. The Labute approximate surface area is 89.1 Å². The van der Waals surface area contributed by atoms with E-state index in [9.17, 15) is 20.1 Å². The van der Waals surface area contributed by atoms with E-state index >= 15 is 0 Å². The van der Waals surface area contributed by atoms with Crippen molar-refractivity contribution < 1.29 is 20.1 Å². The maximum atomic E-state index is 10.6. The summed E-state index contributed by atoms with van der Waals surface area (Å²) in [5.74, 6) is -0.222. The lowest BCUT2D eigenvalue weighted by Gasteiger charge is -2.32. The fourth-order valence-electron chi connectivity index (χ4n) is 1.93. The molecule has 0 aliphatic heterocycles. The molecule has 4 atom stereocenters. The van der Waals surface area contributed by atoms with E-state index in [1.807, 2.05) is 0 Å². The summed E-state index contributed by atoms with van der Waals surface area (Å²) in [5.41, 5.74) is 0. The Balaban J connectivity index is 2.33. The van der Waals surface area contributed by atoms with Gasteiger partial charge in [-0.15, -0.1) is 0 Å². The molecule has 1 aliphatic rings. The number of hydrogen-bond donors (Lipinski definition) is 4. The highest BCUT2D eigenvalue weighted by molar-refractivity contribution is 5.72. The summed E-state index contributed by atoms with van der Waals surface area (Å²) < 4.78 is 0. The Kier molecular flexibility index (Phi) is 4.50. The molecule has 1 rings (SSSR count). The van der Waals surface area contributed by atoms with Crippen LogP contribution in [0.15, 0.2) is 0 Å². The molecule has 1 aliphatic carbocycles. The summed E-state index contributed by atoms with van der Waals surface area (Å²) in [4.78, 5) is 10.6. The molecule has 5 nitrogen and oxygen atoms in total. The molecule has 0 bridgehead atoms. The smallest absolute Gasteiger partial charge is 0.216 e. The van der Waals surface area contributed by atoms with Gasteiger partial charge in [0.05, 0.1) is 18.3 Å². The van der Waals surface area contributed by atoms with Gasteiger partial charge in [0.15, 0.2) is 0 Å². The number of hydrogen-bond acceptors (Lipinski definition) is 4. The lowest BCUT2D eigenvalue weighted by molar-refractivity contribution is -0.119. The van der Waals surface area contributed by atoms with Crippen molar-refractivity contribution in [3.8, 4) is 0 Å². The molecule has 0 saturated heterocycles. The van der Waals surface area contributed by atoms with E-state index < -0.39 is 18.3 Å². The van der Waals surface area contributed by atoms with Crippen LogP contribution >= 0.6 is 0 Å². The Bertz CT molecular complexity index is 221. The number of carbonyl (C=O) groups is 1. The zero-order valence-electron chi connectivity index (χ0n) is 8.89. The molecule has 0 aromatic carbocycles. The van der Waals surface area contributed by atoms with Gasteiger partial charge in [0.1, 0.15) is 0 Å². The van der Waals surface area contributed by atoms with Crippen molar-refractivity contribution in [2.45, 2.75) is 44.5 Å². The number of amides is 1. The fraction of sp³-hybridized carbons (Fsp3) is 0.900. The molecule has 1 amide bonds. The topological polar surface area (TPSA) is 89.8 Å². The lowest BCUT2D eigenvalue weighted by Crippen LogP contribution is -2.42. The molecule has 5 heteroatoms. The van der Waals surface area contributed by atoms with Crippen LogP contribution in [0, 0.1) is 5.92 Å². The molecule has 0 aromatic heterocycles. The minimum Gasteiger partial charge on any atom is -0.391 e. The van der Waals surface area contributed by atoms with Gasteiger partial charge in [-0.1, -0.05) is 0 Å². The monoisotopic (exact) mass is 217 g/mol. The number of aliphatic hydroxyl groups is 3. The second-order valence-corrected chi connectivity index (χ2v) is 4.21. The zero-order chi connectivity index (χ0) is 11.4. The van der Waals surface area contributed by atoms with Crippen molar-refractivity contribution in [2.75, 3.05) is 6.54 Å². The third-order valence-electron chi connectivity index (χ3n) is 2.93. The van der Waals surface area contributed by atoms with E-state index in [1.54, 1.807) is 0 Å². The maximum Gasteiger partial charge on any atom is 0.216 e. The van der Waals surface area contributed by atoms with Crippen LogP contribution in [0.5, 0.6) is 0 Å². The van der Waals surface area contributed by atoms with Gasteiger partial charge in [-0.2, -0.15) is 0 Å². The maximum absolute atomic E-state index is 10.6. The zero-order valence-corrected chi connectivity index (χ0v) is 8.89. The first-order chi connectivity index (χ1) is 7.00. The van der Waals surface area contributed by atoms with Gasteiger partial charge in [-0.25, -0.2) is 0 Å². The summed E-state index contributed by atoms with van der Waals surface area (Å²) >= 11 is 0. The first-order valence-corrected chi connectivity index (χ1v) is 5.29. The average Bonchev–Trinajstić information content (AvgIpc) is 2.18. The molecule has 15 heavy (non-hydrogen) atoms. The van der Waals surface area contributed by atoms with Gasteiger partial charge in [0, 0.05) is 13.5 Å². The quantitative estimate of drug-likeness (QED) is 0.488. The second kappa shape index (κ2) is 5.44. The van der Waals surface area contributed by atoms with Gasteiger partial charge in [-0.3, -0.25) is 4.79 Å². The first-order valence-electron chi connectivity index (χ1n) is 5.29. The van der Waals surface area contributed by atoms with Gasteiger partial charge >= 0.3 is 0 Å². The van der Waals surface area contributed by atoms with Crippen LogP contribution in [0.4, 0.5) is 0 Å². The van der Waals surface area contributed by atoms with E-state index in [1.165, 1.54) is 6.92 Å². The molecule has 1 fully saturated rings. The van der Waals surface area contributed by atoms with E-state index in [4.69, 9.17) is 0 Å². The number of nitrogens with one attached hydrogen (secondary N) is 1. The molecule has 4 N–H and O–H groups in total. The van der Waals surface area contributed by atoms with Crippen LogP contribution in [-0.4, -0.2) is 46.1 Å². The standard InChI is InChI=1S/C10H19NO4/c1-6(12)11-5-10(15)7-2-3-8(13)9(14)4-7/h7-10,13-15H,2-5H2,1H3,(H,11,12). The molecule has 0 aromatic rings. The summed E-state index contributed by atoms with van der Waals surface area (Å²) in [6.45, 7) is 1.61.